The minimum absolute atomic E-state index is 0.123. The van der Waals surface area contributed by atoms with Crippen molar-refractivity contribution in [1.82, 2.24) is 4.57 Å². The summed E-state index contributed by atoms with van der Waals surface area (Å²) >= 11 is 0. The van der Waals surface area contributed by atoms with Crippen molar-refractivity contribution < 1.29 is 5.11 Å². The van der Waals surface area contributed by atoms with Crippen LogP contribution in [0.3, 0.4) is 0 Å². The Hall–Kier alpha value is -1.54. The number of hydrogen-bond donors (Lipinski definition) is 1. The maximum absolute atomic E-state index is 9.41. The average Bonchev–Trinajstić information content (AvgIpc) is 2.79. The van der Waals surface area contributed by atoms with Gasteiger partial charge in [0.05, 0.1) is 6.61 Å². The van der Waals surface area contributed by atoms with Crippen molar-refractivity contribution in [3.05, 3.63) is 59.4 Å². The molecule has 0 unspecified atom stereocenters. The van der Waals surface area contributed by atoms with Gasteiger partial charge in [-0.15, -0.1) is 0 Å². The normalized spacial score (nSPS) is 11.2. The van der Waals surface area contributed by atoms with Crippen LogP contribution in [0.15, 0.2) is 42.5 Å². The predicted molar refractivity (Wildman–Crippen MR) is 79.0 cm³/mol. The fourth-order valence-electron chi connectivity index (χ4n) is 2.43. The van der Waals surface area contributed by atoms with Gasteiger partial charge in [-0.1, -0.05) is 44.2 Å². The average molecular weight is 257 g/mol. The van der Waals surface area contributed by atoms with E-state index in [0.29, 0.717) is 5.92 Å². The van der Waals surface area contributed by atoms with Crippen LogP contribution in [0.1, 0.15) is 30.8 Å². The van der Waals surface area contributed by atoms with E-state index in [4.69, 9.17) is 0 Å². The molecule has 0 saturated heterocycles. The number of aliphatic hydroxyl groups excluding tert-OH is 1. The predicted octanol–water partition coefficient (Wildman–Crippen LogP) is 3.42. The zero-order valence-electron chi connectivity index (χ0n) is 11.8. The largest absolute Gasteiger partial charge is 0.390 e. The van der Waals surface area contributed by atoms with Crippen molar-refractivity contribution in [2.24, 2.45) is 5.92 Å². The molecule has 0 aliphatic heterocycles. The van der Waals surface area contributed by atoms with Crippen LogP contribution in [0.25, 0.3) is 0 Å². The molecule has 0 bridgehead atoms. The Morgan fingerprint density at radius 3 is 2.26 bits per heavy atom. The molecular weight excluding hydrogens is 234 g/mol. The molecule has 2 nitrogen and oxygen atoms in total. The number of aliphatic hydroxyl groups is 1. The van der Waals surface area contributed by atoms with E-state index in [0.717, 1.165) is 25.1 Å². The van der Waals surface area contributed by atoms with Crippen molar-refractivity contribution >= 4 is 0 Å². The molecule has 0 saturated carbocycles. The molecule has 1 aromatic heterocycles. The first-order chi connectivity index (χ1) is 9.20. The van der Waals surface area contributed by atoms with Crippen LogP contribution in [-0.2, 0) is 26.0 Å². The van der Waals surface area contributed by atoms with Gasteiger partial charge in [0.15, 0.2) is 0 Å². The smallest absolute Gasteiger partial charge is 0.0832 e. The van der Waals surface area contributed by atoms with Crippen molar-refractivity contribution in [3.63, 3.8) is 0 Å². The Morgan fingerprint density at radius 2 is 1.63 bits per heavy atom. The van der Waals surface area contributed by atoms with Gasteiger partial charge in [-0.2, -0.15) is 0 Å². The second-order valence-electron chi connectivity index (χ2n) is 5.46. The standard InChI is InChI=1S/C17H23NO/c1-14(2)12-18-16(10-11-17(18)13-19)9-8-15-6-4-3-5-7-15/h3-7,10-11,14,19H,8-9,12-13H2,1-2H3. The highest BCUT2D eigenvalue weighted by molar-refractivity contribution is 5.20. The van der Waals surface area contributed by atoms with E-state index in [1.807, 2.05) is 6.07 Å². The lowest BCUT2D eigenvalue weighted by atomic mass is 10.1. The summed E-state index contributed by atoms with van der Waals surface area (Å²) in [6, 6.07) is 14.8. The highest BCUT2D eigenvalue weighted by Gasteiger charge is 2.09. The molecule has 0 radical (unpaired) electrons. The van der Waals surface area contributed by atoms with Crippen molar-refractivity contribution in [3.8, 4) is 0 Å². The number of aromatic nitrogens is 1. The molecule has 2 heteroatoms. The third kappa shape index (κ3) is 3.71. The van der Waals surface area contributed by atoms with Gasteiger partial charge >= 0.3 is 0 Å². The molecule has 1 aromatic carbocycles. The van der Waals surface area contributed by atoms with E-state index in [1.54, 1.807) is 0 Å². The molecule has 2 aromatic rings. The van der Waals surface area contributed by atoms with E-state index in [-0.39, 0.29) is 6.61 Å². The van der Waals surface area contributed by atoms with Gasteiger partial charge in [0.1, 0.15) is 0 Å². The van der Waals surface area contributed by atoms with Crippen LogP contribution in [0, 0.1) is 5.92 Å². The molecule has 1 heterocycles. The van der Waals surface area contributed by atoms with Crippen LogP contribution in [0.5, 0.6) is 0 Å². The van der Waals surface area contributed by atoms with Gasteiger partial charge in [-0.3, -0.25) is 0 Å². The Morgan fingerprint density at radius 1 is 0.947 bits per heavy atom. The lowest BCUT2D eigenvalue weighted by molar-refractivity contribution is 0.267. The molecule has 19 heavy (non-hydrogen) atoms. The summed E-state index contributed by atoms with van der Waals surface area (Å²) in [7, 11) is 0. The fourth-order valence-corrected chi connectivity index (χ4v) is 2.43. The molecule has 0 fully saturated rings. The first-order valence-electron chi connectivity index (χ1n) is 7.02. The summed E-state index contributed by atoms with van der Waals surface area (Å²) in [5.74, 6) is 0.591. The molecular formula is C17H23NO. The summed E-state index contributed by atoms with van der Waals surface area (Å²) in [6.45, 7) is 5.52. The molecule has 0 amide bonds. The summed E-state index contributed by atoms with van der Waals surface area (Å²) in [5, 5.41) is 9.41. The van der Waals surface area contributed by atoms with E-state index in [9.17, 15) is 5.11 Å². The maximum atomic E-state index is 9.41. The molecule has 1 N–H and O–H groups in total. The van der Waals surface area contributed by atoms with Crippen LogP contribution in [-0.4, -0.2) is 9.67 Å². The second kappa shape index (κ2) is 6.58. The molecule has 2 rings (SSSR count). The number of rotatable bonds is 6. The Kier molecular flexibility index (Phi) is 4.80. The Bertz CT molecular complexity index is 499. The minimum atomic E-state index is 0.123. The molecule has 0 aliphatic rings. The molecule has 102 valence electrons. The van der Waals surface area contributed by atoms with Gasteiger partial charge in [0, 0.05) is 17.9 Å². The zero-order valence-corrected chi connectivity index (χ0v) is 11.8. The molecule has 0 aliphatic carbocycles. The summed E-state index contributed by atoms with van der Waals surface area (Å²) in [5.41, 5.74) is 3.71. The van der Waals surface area contributed by atoms with Gasteiger partial charge in [0.2, 0.25) is 0 Å². The van der Waals surface area contributed by atoms with E-state index < -0.39 is 0 Å². The topological polar surface area (TPSA) is 25.2 Å². The number of nitrogens with zero attached hydrogens (tertiary/aromatic N) is 1. The fraction of sp³-hybridized carbons (Fsp3) is 0.412. The monoisotopic (exact) mass is 257 g/mol. The molecule has 0 atom stereocenters. The second-order valence-corrected chi connectivity index (χ2v) is 5.46. The summed E-state index contributed by atoms with van der Waals surface area (Å²) in [4.78, 5) is 0. The van der Waals surface area contributed by atoms with E-state index in [2.05, 4.69) is 54.8 Å². The highest BCUT2D eigenvalue weighted by atomic mass is 16.3. The first-order valence-corrected chi connectivity index (χ1v) is 7.02. The zero-order chi connectivity index (χ0) is 13.7. The minimum Gasteiger partial charge on any atom is -0.390 e. The first kappa shape index (κ1) is 13.9. The van der Waals surface area contributed by atoms with Gasteiger partial charge in [-0.05, 0) is 36.5 Å². The van der Waals surface area contributed by atoms with Crippen molar-refractivity contribution in [2.75, 3.05) is 0 Å². The van der Waals surface area contributed by atoms with Crippen LogP contribution >= 0.6 is 0 Å². The highest BCUT2D eigenvalue weighted by Crippen LogP contribution is 2.15. The van der Waals surface area contributed by atoms with Gasteiger partial charge in [0.25, 0.3) is 0 Å². The van der Waals surface area contributed by atoms with Crippen LogP contribution in [0.2, 0.25) is 0 Å². The Balaban J connectivity index is 2.09. The van der Waals surface area contributed by atoms with E-state index in [1.165, 1.54) is 11.3 Å². The summed E-state index contributed by atoms with van der Waals surface area (Å²) < 4.78 is 2.27. The van der Waals surface area contributed by atoms with E-state index >= 15 is 0 Å². The molecule has 0 spiro atoms. The third-order valence-corrected chi connectivity index (χ3v) is 3.38. The third-order valence-electron chi connectivity index (χ3n) is 3.38. The lowest BCUT2D eigenvalue weighted by Gasteiger charge is -2.15. The van der Waals surface area contributed by atoms with Crippen molar-refractivity contribution in [2.45, 2.75) is 39.8 Å². The maximum Gasteiger partial charge on any atom is 0.0832 e. The quantitative estimate of drug-likeness (QED) is 0.842. The van der Waals surface area contributed by atoms with Crippen molar-refractivity contribution in [1.29, 1.82) is 0 Å². The van der Waals surface area contributed by atoms with Crippen LogP contribution < -0.4 is 0 Å². The van der Waals surface area contributed by atoms with Gasteiger partial charge in [-0.25, -0.2) is 0 Å². The van der Waals surface area contributed by atoms with Crippen LogP contribution in [0.4, 0.5) is 0 Å². The number of hydrogen-bond acceptors (Lipinski definition) is 1. The lowest BCUT2D eigenvalue weighted by Crippen LogP contribution is -2.12. The number of aryl methyl sites for hydroxylation is 2. The number of benzene rings is 1. The van der Waals surface area contributed by atoms with Gasteiger partial charge < -0.3 is 9.67 Å². The SMILES string of the molecule is CC(C)Cn1c(CO)ccc1CCc1ccccc1. The summed E-state index contributed by atoms with van der Waals surface area (Å²) in [6.07, 6.45) is 2.07. The Labute approximate surface area is 115 Å².